The topological polar surface area (TPSA) is 81.4 Å². The summed E-state index contributed by atoms with van der Waals surface area (Å²) in [5.41, 5.74) is 7.32. The maximum absolute atomic E-state index is 11.7. The summed E-state index contributed by atoms with van der Waals surface area (Å²) < 4.78 is 4.92. The Morgan fingerprint density at radius 3 is 2.61 bits per heavy atom. The van der Waals surface area contributed by atoms with Gasteiger partial charge in [-0.25, -0.2) is 4.79 Å². The molecule has 0 fully saturated rings. The Bertz CT molecular complexity index is 456. The largest absolute Gasteiger partial charge is 0.452 e. The molecule has 0 unspecified atom stereocenters. The fraction of sp³-hybridized carbons (Fsp3) is 0.385. The molecular weight excluding hydrogens is 232 g/mol. The summed E-state index contributed by atoms with van der Waals surface area (Å²) in [6.45, 7) is 5.16. The van der Waals surface area contributed by atoms with Crippen molar-refractivity contribution in [1.29, 1.82) is 0 Å². The maximum atomic E-state index is 11.7. The van der Waals surface area contributed by atoms with E-state index in [2.05, 4.69) is 5.32 Å². The number of anilines is 1. The molecule has 0 spiro atoms. The third-order valence-corrected chi connectivity index (χ3v) is 2.25. The van der Waals surface area contributed by atoms with Crippen LogP contribution in [0.4, 0.5) is 5.69 Å². The summed E-state index contributed by atoms with van der Waals surface area (Å²) in [7, 11) is 0. The molecule has 0 saturated heterocycles. The first kappa shape index (κ1) is 14.0. The molecule has 0 bridgehead atoms. The predicted molar refractivity (Wildman–Crippen MR) is 69.2 cm³/mol. The zero-order valence-electron chi connectivity index (χ0n) is 10.8. The normalized spacial score (nSPS) is 10.2. The van der Waals surface area contributed by atoms with E-state index in [1.807, 2.05) is 13.8 Å². The van der Waals surface area contributed by atoms with Gasteiger partial charge in [0, 0.05) is 11.7 Å². The highest BCUT2D eigenvalue weighted by Gasteiger charge is 2.12. The number of ether oxygens (including phenoxy) is 1. The molecule has 0 aliphatic rings. The molecule has 5 heteroatoms. The van der Waals surface area contributed by atoms with Crippen LogP contribution in [0.25, 0.3) is 0 Å². The lowest BCUT2D eigenvalue weighted by Gasteiger charge is -2.10. The minimum absolute atomic E-state index is 0.0226. The summed E-state index contributed by atoms with van der Waals surface area (Å²) >= 11 is 0. The average Bonchev–Trinajstić information content (AvgIpc) is 2.25. The molecule has 0 atom stereocenters. The SMILES string of the molecule is Cc1cc(N)ccc1C(=O)OCC(=O)NC(C)C. The van der Waals surface area contributed by atoms with Gasteiger partial charge in [-0.1, -0.05) is 0 Å². The van der Waals surface area contributed by atoms with Crippen LogP contribution in [0.15, 0.2) is 18.2 Å². The standard InChI is InChI=1S/C13H18N2O3/c1-8(2)15-12(16)7-18-13(17)11-5-4-10(14)6-9(11)3/h4-6,8H,7,14H2,1-3H3,(H,15,16). The van der Waals surface area contributed by atoms with Gasteiger partial charge >= 0.3 is 5.97 Å². The first-order chi connectivity index (χ1) is 8.40. The smallest absolute Gasteiger partial charge is 0.338 e. The molecule has 18 heavy (non-hydrogen) atoms. The van der Waals surface area contributed by atoms with Crippen LogP contribution in [-0.4, -0.2) is 24.5 Å². The number of aryl methyl sites for hydroxylation is 1. The van der Waals surface area contributed by atoms with E-state index in [0.29, 0.717) is 11.3 Å². The highest BCUT2D eigenvalue weighted by molar-refractivity contribution is 5.93. The van der Waals surface area contributed by atoms with Gasteiger partial charge in [0.1, 0.15) is 0 Å². The quantitative estimate of drug-likeness (QED) is 0.622. The monoisotopic (exact) mass is 250 g/mol. The van der Waals surface area contributed by atoms with Crippen LogP contribution in [0, 0.1) is 6.92 Å². The molecule has 0 aliphatic carbocycles. The number of nitrogens with two attached hydrogens (primary N) is 1. The summed E-state index contributed by atoms with van der Waals surface area (Å²) in [5.74, 6) is -0.835. The van der Waals surface area contributed by atoms with Crippen LogP contribution >= 0.6 is 0 Å². The van der Waals surface area contributed by atoms with E-state index >= 15 is 0 Å². The van der Waals surface area contributed by atoms with Crippen molar-refractivity contribution in [2.75, 3.05) is 12.3 Å². The number of carbonyl (C=O) groups is 2. The van der Waals surface area contributed by atoms with Crippen LogP contribution in [0.1, 0.15) is 29.8 Å². The van der Waals surface area contributed by atoms with Gasteiger partial charge in [0.15, 0.2) is 6.61 Å². The van der Waals surface area contributed by atoms with Gasteiger partial charge in [-0.05, 0) is 44.5 Å². The van der Waals surface area contributed by atoms with Gasteiger partial charge in [0.05, 0.1) is 5.56 Å². The van der Waals surface area contributed by atoms with E-state index in [1.54, 1.807) is 25.1 Å². The summed E-state index contributed by atoms with van der Waals surface area (Å²) in [5, 5.41) is 2.64. The predicted octanol–water partition coefficient (Wildman–Crippen LogP) is 1.26. The second-order valence-corrected chi connectivity index (χ2v) is 4.37. The van der Waals surface area contributed by atoms with Crippen molar-refractivity contribution in [3.63, 3.8) is 0 Å². The molecule has 0 aromatic heterocycles. The molecule has 1 aromatic rings. The average molecular weight is 250 g/mol. The summed E-state index contributed by atoms with van der Waals surface area (Å²) in [4.78, 5) is 23.0. The van der Waals surface area contributed by atoms with Gasteiger partial charge in [-0.3, -0.25) is 4.79 Å². The minimum atomic E-state index is -0.522. The van der Waals surface area contributed by atoms with E-state index in [4.69, 9.17) is 10.5 Å². The highest BCUT2D eigenvalue weighted by atomic mass is 16.5. The maximum Gasteiger partial charge on any atom is 0.338 e. The van der Waals surface area contributed by atoms with Crippen molar-refractivity contribution in [3.8, 4) is 0 Å². The molecule has 1 amide bonds. The Kier molecular flexibility index (Phi) is 4.71. The van der Waals surface area contributed by atoms with E-state index in [-0.39, 0.29) is 18.6 Å². The zero-order valence-corrected chi connectivity index (χ0v) is 10.8. The molecule has 1 aromatic carbocycles. The lowest BCUT2D eigenvalue weighted by atomic mass is 10.1. The van der Waals surface area contributed by atoms with Crippen molar-refractivity contribution in [1.82, 2.24) is 5.32 Å². The second-order valence-electron chi connectivity index (χ2n) is 4.37. The van der Waals surface area contributed by atoms with Crippen LogP contribution in [0.3, 0.4) is 0 Å². The van der Waals surface area contributed by atoms with E-state index < -0.39 is 5.97 Å². The summed E-state index contributed by atoms with van der Waals surface area (Å²) in [6, 6.07) is 4.92. The fourth-order valence-corrected chi connectivity index (χ4v) is 1.49. The molecule has 0 heterocycles. The zero-order chi connectivity index (χ0) is 13.7. The Morgan fingerprint density at radius 2 is 2.06 bits per heavy atom. The van der Waals surface area contributed by atoms with Crippen LogP contribution < -0.4 is 11.1 Å². The van der Waals surface area contributed by atoms with Crippen molar-refractivity contribution in [2.24, 2.45) is 0 Å². The molecule has 0 saturated carbocycles. The van der Waals surface area contributed by atoms with Crippen molar-refractivity contribution in [3.05, 3.63) is 29.3 Å². The first-order valence-electron chi connectivity index (χ1n) is 5.72. The second kappa shape index (κ2) is 6.05. The van der Waals surface area contributed by atoms with Gasteiger partial charge in [0.2, 0.25) is 0 Å². The van der Waals surface area contributed by atoms with Crippen molar-refractivity contribution < 1.29 is 14.3 Å². The molecule has 1 rings (SSSR count). The molecular formula is C13H18N2O3. The van der Waals surface area contributed by atoms with Crippen molar-refractivity contribution in [2.45, 2.75) is 26.8 Å². The third-order valence-electron chi connectivity index (χ3n) is 2.25. The van der Waals surface area contributed by atoms with E-state index in [9.17, 15) is 9.59 Å². The van der Waals surface area contributed by atoms with E-state index in [0.717, 1.165) is 5.56 Å². The van der Waals surface area contributed by atoms with Gasteiger partial charge < -0.3 is 15.8 Å². The number of carbonyl (C=O) groups excluding carboxylic acids is 2. The number of rotatable bonds is 4. The Morgan fingerprint density at radius 1 is 1.39 bits per heavy atom. The Balaban J connectivity index is 2.58. The molecule has 3 N–H and O–H groups in total. The Labute approximate surface area is 106 Å². The fourth-order valence-electron chi connectivity index (χ4n) is 1.49. The minimum Gasteiger partial charge on any atom is -0.452 e. The first-order valence-corrected chi connectivity index (χ1v) is 5.72. The lowest BCUT2D eigenvalue weighted by molar-refractivity contribution is -0.124. The van der Waals surface area contributed by atoms with Gasteiger partial charge in [-0.15, -0.1) is 0 Å². The summed E-state index contributed by atoms with van der Waals surface area (Å²) in [6.07, 6.45) is 0. The molecule has 98 valence electrons. The van der Waals surface area contributed by atoms with E-state index in [1.165, 1.54) is 0 Å². The van der Waals surface area contributed by atoms with Crippen LogP contribution in [-0.2, 0) is 9.53 Å². The van der Waals surface area contributed by atoms with Crippen LogP contribution in [0.5, 0.6) is 0 Å². The Hall–Kier alpha value is -2.04. The van der Waals surface area contributed by atoms with Gasteiger partial charge in [0.25, 0.3) is 5.91 Å². The number of nitrogens with one attached hydrogen (secondary N) is 1. The molecule has 5 nitrogen and oxygen atoms in total. The number of hydrogen-bond acceptors (Lipinski definition) is 4. The third kappa shape index (κ3) is 4.08. The van der Waals surface area contributed by atoms with Crippen molar-refractivity contribution >= 4 is 17.6 Å². The van der Waals surface area contributed by atoms with Gasteiger partial charge in [-0.2, -0.15) is 0 Å². The number of esters is 1. The highest BCUT2D eigenvalue weighted by Crippen LogP contribution is 2.13. The lowest BCUT2D eigenvalue weighted by Crippen LogP contribution is -2.34. The number of nitrogen functional groups attached to an aromatic ring is 1. The molecule has 0 aliphatic heterocycles. The van der Waals surface area contributed by atoms with Crippen LogP contribution in [0.2, 0.25) is 0 Å². The number of hydrogen-bond donors (Lipinski definition) is 2. The number of benzene rings is 1. The molecule has 0 radical (unpaired) electrons. The number of amides is 1.